The monoisotopic (exact) mass is 320 g/mol. The Kier molecular flexibility index (Phi) is 3.42. The van der Waals surface area contributed by atoms with Gasteiger partial charge >= 0.3 is 0 Å². The molecule has 0 unspecified atom stereocenters. The molecule has 0 aliphatic heterocycles. The zero-order valence-electron chi connectivity index (χ0n) is 11.4. The number of aromatic nitrogens is 4. The minimum Gasteiger partial charge on any atom is -0.224 e. The minimum atomic E-state index is -3.29. The molecule has 0 N–H and O–H groups in total. The van der Waals surface area contributed by atoms with Crippen LogP contribution < -0.4 is 0 Å². The summed E-state index contributed by atoms with van der Waals surface area (Å²) in [6, 6.07) is 8.75. The van der Waals surface area contributed by atoms with Crippen LogP contribution in [0, 0.1) is 6.92 Å². The Labute approximate surface area is 126 Å². The smallest absolute Gasteiger partial charge is 0.224 e. The zero-order chi connectivity index (χ0) is 15.0. The van der Waals surface area contributed by atoms with Crippen molar-refractivity contribution >= 4 is 27.4 Å². The number of benzene rings is 1. The van der Waals surface area contributed by atoms with Crippen LogP contribution in [0.25, 0.3) is 5.78 Å². The SMILES string of the molecule is Cc1cc(Sc2ccccc2S(C)(=O)=O)n2ncnc2n1. The Morgan fingerprint density at radius 1 is 1.24 bits per heavy atom. The lowest BCUT2D eigenvalue weighted by Gasteiger charge is -2.08. The topological polar surface area (TPSA) is 77.2 Å². The molecule has 21 heavy (non-hydrogen) atoms. The van der Waals surface area contributed by atoms with E-state index in [1.807, 2.05) is 19.1 Å². The largest absolute Gasteiger partial charge is 0.253 e. The number of hydrogen-bond acceptors (Lipinski definition) is 6. The van der Waals surface area contributed by atoms with Gasteiger partial charge in [0, 0.05) is 16.8 Å². The molecule has 0 atom stereocenters. The molecule has 0 aliphatic carbocycles. The Balaban J connectivity index is 2.14. The van der Waals surface area contributed by atoms with Crippen molar-refractivity contribution in [1.82, 2.24) is 19.6 Å². The normalized spacial score (nSPS) is 11.9. The van der Waals surface area contributed by atoms with Gasteiger partial charge in [0.15, 0.2) is 9.84 Å². The van der Waals surface area contributed by atoms with Gasteiger partial charge in [-0.25, -0.2) is 13.4 Å². The number of hydrogen-bond donors (Lipinski definition) is 0. The molecule has 108 valence electrons. The molecule has 0 saturated carbocycles. The number of rotatable bonds is 3. The first-order chi connectivity index (χ1) is 9.95. The van der Waals surface area contributed by atoms with Crippen LogP contribution >= 0.6 is 11.8 Å². The van der Waals surface area contributed by atoms with Crippen molar-refractivity contribution in [2.45, 2.75) is 21.7 Å². The quantitative estimate of drug-likeness (QED) is 0.687. The Bertz CT molecular complexity index is 919. The molecule has 0 amide bonds. The predicted octanol–water partition coefficient (Wildman–Crippen LogP) is 1.99. The highest BCUT2D eigenvalue weighted by Crippen LogP contribution is 2.32. The van der Waals surface area contributed by atoms with Crippen molar-refractivity contribution in [3.63, 3.8) is 0 Å². The number of sulfone groups is 1. The highest BCUT2D eigenvalue weighted by molar-refractivity contribution is 8.00. The average molecular weight is 320 g/mol. The van der Waals surface area contributed by atoms with Crippen LogP contribution in [0.15, 0.2) is 51.5 Å². The van der Waals surface area contributed by atoms with E-state index in [0.29, 0.717) is 15.6 Å². The molecular weight excluding hydrogens is 308 g/mol. The van der Waals surface area contributed by atoms with E-state index >= 15 is 0 Å². The lowest BCUT2D eigenvalue weighted by atomic mass is 10.4. The second kappa shape index (κ2) is 5.12. The summed E-state index contributed by atoms with van der Waals surface area (Å²) in [5.41, 5.74) is 0.801. The highest BCUT2D eigenvalue weighted by Gasteiger charge is 2.15. The van der Waals surface area contributed by atoms with Gasteiger partial charge in [-0.15, -0.1) is 0 Å². The Morgan fingerprint density at radius 3 is 2.76 bits per heavy atom. The first-order valence-corrected chi connectivity index (χ1v) is 8.80. The summed E-state index contributed by atoms with van der Waals surface area (Å²) in [6.07, 6.45) is 2.63. The predicted molar refractivity (Wildman–Crippen MR) is 79.2 cm³/mol. The van der Waals surface area contributed by atoms with Crippen LogP contribution in [0.5, 0.6) is 0 Å². The summed E-state index contributed by atoms with van der Waals surface area (Å²) in [5, 5.41) is 4.89. The summed E-state index contributed by atoms with van der Waals surface area (Å²) >= 11 is 1.33. The summed E-state index contributed by atoms with van der Waals surface area (Å²) in [4.78, 5) is 9.29. The van der Waals surface area contributed by atoms with E-state index in [9.17, 15) is 8.42 Å². The molecule has 6 nitrogen and oxygen atoms in total. The maximum absolute atomic E-state index is 11.9. The Morgan fingerprint density at radius 2 is 2.00 bits per heavy atom. The molecule has 0 fully saturated rings. The van der Waals surface area contributed by atoms with Crippen molar-refractivity contribution in [1.29, 1.82) is 0 Å². The van der Waals surface area contributed by atoms with Gasteiger partial charge in [-0.2, -0.15) is 14.6 Å². The van der Waals surface area contributed by atoms with Gasteiger partial charge < -0.3 is 0 Å². The van der Waals surface area contributed by atoms with E-state index in [1.165, 1.54) is 24.3 Å². The van der Waals surface area contributed by atoms with Crippen LogP contribution in [0.4, 0.5) is 0 Å². The van der Waals surface area contributed by atoms with Crippen LogP contribution in [0.2, 0.25) is 0 Å². The minimum absolute atomic E-state index is 0.303. The molecule has 3 rings (SSSR count). The van der Waals surface area contributed by atoms with Crippen molar-refractivity contribution in [2.75, 3.05) is 6.26 Å². The first-order valence-electron chi connectivity index (χ1n) is 6.09. The van der Waals surface area contributed by atoms with Crippen LogP contribution in [0.1, 0.15) is 5.69 Å². The molecule has 2 aromatic heterocycles. The number of aryl methyl sites for hydroxylation is 1. The first kappa shape index (κ1) is 14.0. The van der Waals surface area contributed by atoms with E-state index < -0.39 is 9.84 Å². The van der Waals surface area contributed by atoms with Crippen LogP contribution in [-0.4, -0.2) is 34.3 Å². The van der Waals surface area contributed by atoms with E-state index in [0.717, 1.165) is 10.7 Å². The van der Waals surface area contributed by atoms with Gasteiger partial charge in [-0.1, -0.05) is 23.9 Å². The lowest BCUT2D eigenvalue weighted by molar-refractivity contribution is 0.600. The van der Waals surface area contributed by atoms with Gasteiger partial charge in [-0.3, -0.25) is 0 Å². The maximum atomic E-state index is 11.9. The van der Waals surface area contributed by atoms with Gasteiger partial charge in [0.25, 0.3) is 5.78 Å². The van der Waals surface area contributed by atoms with E-state index in [2.05, 4.69) is 15.1 Å². The van der Waals surface area contributed by atoms with Crippen LogP contribution in [-0.2, 0) is 9.84 Å². The van der Waals surface area contributed by atoms with Crippen molar-refractivity contribution < 1.29 is 8.42 Å². The van der Waals surface area contributed by atoms with Crippen molar-refractivity contribution in [2.24, 2.45) is 0 Å². The zero-order valence-corrected chi connectivity index (χ0v) is 13.0. The molecule has 0 saturated heterocycles. The van der Waals surface area contributed by atoms with Gasteiger partial charge in [0.1, 0.15) is 11.4 Å². The molecule has 0 aliphatic rings. The average Bonchev–Trinajstić information content (AvgIpc) is 2.86. The summed E-state index contributed by atoms with van der Waals surface area (Å²) in [6.45, 7) is 1.86. The standard InChI is InChI=1S/C13H12N4O2S2/c1-9-7-12(17-13(16-9)14-8-15-17)20-10-5-3-4-6-11(10)21(2,18)19/h3-8H,1-2H3. The summed E-state index contributed by atoms with van der Waals surface area (Å²) in [7, 11) is -3.29. The Hall–Kier alpha value is -1.93. The van der Waals surface area contributed by atoms with E-state index in [-0.39, 0.29) is 0 Å². The second-order valence-electron chi connectivity index (χ2n) is 4.53. The molecule has 8 heteroatoms. The molecule has 1 aromatic carbocycles. The van der Waals surface area contributed by atoms with Crippen molar-refractivity contribution in [3.8, 4) is 0 Å². The molecule has 0 bridgehead atoms. The molecular formula is C13H12N4O2S2. The third-order valence-corrected chi connectivity index (χ3v) is 5.17. The lowest BCUT2D eigenvalue weighted by Crippen LogP contribution is -2.01. The van der Waals surface area contributed by atoms with Gasteiger partial charge in [-0.05, 0) is 25.1 Å². The summed E-state index contributed by atoms with van der Waals surface area (Å²) < 4.78 is 25.3. The molecule has 0 spiro atoms. The molecule has 0 radical (unpaired) electrons. The highest BCUT2D eigenvalue weighted by atomic mass is 32.2. The number of fused-ring (bicyclic) bond motifs is 1. The van der Waals surface area contributed by atoms with E-state index in [4.69, 9.17) is 0 Å². The molecule has 3 aromatic rings. The fraction of sp³-hybridized carbons (Fsp3) is 0.154. The fourth-order valence-corrected chi connectivity index (χ4v) is 4.25. The third-order valence-electron chi connectivity index (χ3n) is 2.81. The second-order valence-corrected chi connectivity index (χ2v) is 7.57. The van der Waals surface area contributed by atoms with Gasteiger partial charge in [0.2, 0.25) is 0 Å². The van der Waals surface area contributed by atoms with E-state index in [1.54, 1.807) is 22.7 Å². The fourth-order valence-electron chi connectivity index (χ4n) is 1.92. The van der Waals surface area contributed by atoms with Crippen LogP contribution in [0.3, 0.4) is 0 Å². The molecule has 2 heterocycles. The van der Waals surface area contributed by atoms with Gasteiger partial charge in [0.05, 0.1) is 4.90 Å². The third kappa shape index (κ3) is 2.77. The number of nitrogens with zero attached hydrogens (tertiary/aromatic N) is 4. The summed E-state index contributed by atoms with van der Waals surface area (Å²) in [5.74, 6) is 0.495. The van der Waals surface area contributed by atoms with Crippen molar-refractivity contribution in [3.05, 3.63) is 42.4 Å². The maximum Gasteiger partial charge on any atom is 0.253 e.